The van der Waals surface area contributed by atoms with Crippen LogP contribution < -0.4 is 4.90 Å². The smallest absolute Gasteiger partial charge is 0.136 e. The van der Waals surface area contributed by atoms with Crippen LogP contribution in [0.15, 0.2) is 277 Å². The molecule has 11 aromatic carbocycles. The van der Waals surface area contributed by atoms with Gasteiger partial charge in [0.15, 0.2) is 0 Å². The minimum absolute atomic E-state index is 0.486. The topological polar surface area (TPSA) is 16.4 Å². The van der Waals surface area contributed by atoms with Crippen LogP contribution in [0, 0.1) is 0 Å². The van der Waals surface area contributed by atoms with Gasteiger partial charge in [-0.2, -0.15) is 0 Å². The third-order valence-electron chi connectivity index (χ3n) is 14.2. The Kier molecular flexibility index (Phi) is 9.77. The van der Waals surface area contributed by atoms with Crippen molar-refractivity contribution in [2.75, 3.05) is 4.90 Å². The van der Waals surface area contributed by atoms with Crippen LogP contribution in [0.2, 0.25) is 0 Å². The molecule has 0 fully saturated rings. The van der Waals surface area contributed by atoms with Crippen LogP contribution in [0.4, 0.5) is 17.1 Å². The highest BCUT2D eigenvalue weighted by Crippen LogP contribution is 2.58. The van der Waals surface area contributed by atoms with Crippen LogP contribution in [0.3, 0.4) is 0 Å². The number of rotatable bonds is 9. The fourth-order valence-electron chi connectivity index (χ4n) is 11.1. The van der Waals surface area contributed by atoms with E-state index < -0.39 is 5.41 Å². The van der Waals surface area contributed by atoms with Crippen molar-refractivity contribution in [3.8, 4) is 55.6 Å². The molecule has 2 heteroatoms. The van der Waals surface area contributed by atoms with Gasteiger partial charge >= 0.3 is 0 Å². The van der Waals surface area contributed by atoms with E-state index in [2.05, 4.69) is 266 Å². The summed E-state index contributed by atoms with van der Waals surface area (Å²) in [6, 6.07) is 99.3. The zero-order valence-corrected chi connectivity index (χ0v) is 37.8. The molecule has 0 saturated heterocycles. The molecule has 0 amide bonds. The minimum Gasteiger partial charge on any atom is -0.456 e. The van der Waals surface area contributed by atoms with Gasteiger partial charge in [0.05, 0.1) is 11.1 Å². The molecule has 324 valence electrons. The molecule has 12 aromatic rings. The third kappa shape index (κ3) is 6.72. The van der Waals surface area contributed by atoms with Crippen molar-refractivity contribution < 1.29 is 4.42 Å². The number of hydrogen-bond donors (Lipinski definition) is 0. The van der Waals surface area contributed by atoms with Crippen LogP contribution in [-0.2, 0) is 5.41 Å². The van der Waals surface area contributed by atoms with E-state index in [4.69, 9.17) is 4.42 Å². The molecule has 13 rings (SSSR count). The van der Waals surface area contributed by atoms with Crippen LogP contribution >= 0.6 is 0 Å². The lowest BCUT2D eigenvalue weighted by molar-refractivity contribution is 0.669. The van der Waals surface area contributed by atoms with Crippen molar-refractivity contribution in [3.05, 3.63) is 295 Å². The lowest BCUT2D eigenvalue weighted by atomic mass is 9.67. The van der Waals surface area contributed by atoms with E-state index >= 15 is 0 Å². The van der Waals surface area contributed by atoms with Gasteiger partial charge in [0.2, 0.25) is 0 Å². The normalized spacial score (nSPS) is 12.5. The lowest BCUT2D eigenvalue weighted by Gasteiger charge is -2.34. The van der Waals surface area contributed by atoms with Crippen molar-refractivity contribution in [1.29, 1.82) is 0 Å². The lowest BCUT2D eigenvalue weighted by Crippen LogP contribution is -2.28. The molecule has 0 radical (unpaired) electrons. The van der Waals surface area contributed by atoms with Crippen molar-refractivity contribution >= 4 is 39.0 Å². The molecule has 0 N–H and O–H groups in total. The maximum absolute atomic E-state index is 6.32. The Balaban J connectivity index is 0.970. The van der Waals surface area contributed by atoms with Crippen LogP contribution in [0.1, 0.15) is 22.3 Å². The summed E-state index contributed by atoms with van der Waals surface area (Å²) in [6.07, 6.45) is 0. The molecule has 1 heterocycles. The first kappa shape index (κ1) is 40.3. The monoisotopic (exact) mass is 879 g/mol. The number of nitrogens with zero attached hydrogens (tertiary/aromatic N) is 1. The van der Waals surface area contributed by atoms with E-state index in [0.717, 1.165) is 66.8 Å². The average Bonchev–Trinajstić information content (AvgIpc) is 3.96. The van der Waals surface area contributed by atoms with E-state index in [0.29, 0.717) is 0 Å². The summed E-state index contributed by atoms with van der Waals surface area (Å²) in [5, 5.41) is 2.26. The molecule has 1 aromatic heterocycles. The Hall–Kier alpha value is -8.98. The fourth-order valence-corrected chi connectivity index (χ4v) is 11.1. The molecule has 0 unspecified atom stereocenters. The second-order valence-corrected chi connectivity index (χ2v) is 18.0. The Morgan fingerprint density at radius 3 is 1.58 bits per heavy atom. The Labute approximate surface area is 402 Å². The van der Waals surface area contributed by atoms with Gasteiger partial charge in [-0.25, -0.2) is 0 Å². The molecular weight excluding hydrogens is 835 g/mol. The number of anilines is 3. The maximum Gasteiger partial charge on any atom is 0.136 e. The van der Waals surface area contributed by atoms with E-state index in [9.17, 15) is 0 Å². The second-order valence-electron chi connectivity index (χ2n) is 18.0. The van der Waals surface area contributed by atoms with Crippen molar-refractivity contribution in [1.82, 2.24) is 0 Å². The van der Waals surface area contributed by atoms with Gasteiger partial charge in [-0.15, -0.1) is 0 Å². The number of benzene rings is 11. The molecule has 0 atom stereocenters. The number of furan rings is 1. The zero-order valence-electron chi connectivity index (χ0n) is 37.8. The summed E-state index contributed by atoms with van der Waals surface area (Å²) < 4.78 is 6.32. The highest BCUT2D eigenvalue weighted by Gasteiger charge is 2.46. The van der Waals surface area contributed by atoms with Gasteiger partial charge in [0, 0.05) is 27.7 Å². The van der Waals surface area contributed by atoms with Gasteiger partial charge in [0.1, 0.15) is 11.2 Å². The second kappa shape index (κ2) is 16.7. The Bertz CT molecular complexity index is 3780. The molecule has 2 nitrogen and oxygen atoms in total. The molecule has 0 saturated carbocycles. The van der Waals surface area contributed by atoms with Crippen LogP contribution in [0.5, 0.6) is 0 Å². The quantitative estimate of drug-likeness (QED) is 0.144. The van der Waals surface area contributed by atoms with E-state index in [-0.39, 0.29) is 0 Å². The summed E-state index contributed by atoms with van der Waals surface area (Å²) in [5.74, 6) is 0. The first-order valence-corrected chi connectivity index (χ1v) is 23.7. The minimum atomic E-state index is -0.486. The predicted molar refractivity (Wildman–Crippen MR) is 287 cm³/mol. The maximum atomic E-state index is 6.32. The number of hydrogen-bond acceptors (Lipinski definition) is 2. The summed E-state index contributed by atoms with van der Waals surface area (Å²) in [7, 11) is 0. The van der Waals surface area contributed by atoms with Gasteiger partial charge in [-0.3, -0.25) is 0 Å². The largest absolute Gasteiger partial charge is 0.456 e. The highest BCUT2D eigenvalue weighted by molar-refractivity contribution is 6.06. The SMILES string of the molecule is c1ccc(-c2ccc(-c3ccccc3N(c3ccc(-c4ccc5c(c4)oc4ccccc45)cc3)c3cccc(-c4cccc5c4-c4ccccc4C5(c4ccccc4)c4ccccc4)c3)cc2)cc1. The third-order valence-corrected chi connectivity index (χ3v) is 14.2. The van der Waals surface area contributed by atoms with Crippen molar-refractivity contribution in [3.63, 3.8) is 0 Å². The molecule has 0 spiro atoms. The molecule has 0 aliphatic heterocycles. The summed E-state index contributed by atoms with van der Waals surface area (Å²) >= 11 is 0. The van der Waals surface area contributed by atoms with Crippen molar-refractivity contribution in [2.45, 2.75) is 5.41 Å². The number of para-hydroxylation sites is 2. The van der Waals surface area contributed by atoms with Crippen molar-refractivity contribution in [2.24, 2.45) is 0 Å². The first-order chi connectivity index (χ1) is 34.2. The van der Waals surface area contributed by atoms with E-state index in [1.165, 1.54) is 50.1 Å². The molecular formula is C67H45NO. The van der Waals surface area contributed by atoms with Gasteiger partial charge in [-0.1, -0.05) is 224 Å². The first-order valence-electron chi connectivity index (χ1n) is 23.7. The van der Waals surface area contributed by atoms with E-state index in [1.807, 2.05) is 12.1 Å². The zero-order chi connectivity index (χ0) is 45.7. The summed E-state index contributed by atoms with van der Waals surface area (Å²) in [5.41, 5.74) is 21.5. The standard InChI is InChI=1S/C67H45NO/c1-4-18-46(19-5-1)47-34-36-49(37-35-47)56-26-11-14-32-63(56)68(54-41-38-48(39-42-54)50-40-43-59-58-27-12-15-33-64(58)69-65(59)45-50)55-25-16-20-51(44-55)57-29-17-31-62-66(57)60-28-10-13-30-61(60)67(62,52-21-6-2-7-22-52)53-23-8-3-9-24-53/h1-45H. The highest BCUT2D eigenvalue weighted by atomic mass is 16.3. The Morgan fingerprint density at radius 2 is 0.812 bits per heavy atom. The van der Waals surface area contributed by atoms with Gasteiger partial charge in [-0.05, 0) is 121 Å². The molecule has 69 heavy (non-hydrogen) atoms. The summed E-state index contributed by atoms with van der Waals surface area (Å²) in [4.78, 5) is 2.42. The Morgan fingerprint density at radius 1 is 0.290 bits per heavy atom. The predicted octanol–water partition coefficient (Wildman–Crippen LogP) is 18.1. The number of fused-ring (bicyclic) bond motifs is 6. The fraction of sp³-hybridized carbons (Fsp3) is 0.0149. The van der Waals surface area contributed by atoms with E-state index in [1.54, 1.807) is 0 Å². The molecule has 0 bridgehead atoms. The molecule has 1 aliphatic rings. The van der Waals surface area contributed by atoms with Crippen LogP contribution in [0.25, 0.3) is 77.6 Å². The van der Waals surface area contributed by atoms with Crippen LogP contribution in [-0.4, -0.2) is 0 Å². The summed E-state index contributed by atoms with van der Waals surface area (Å²) in [6.45, 7) is 0. The molecule has 1 aliphatic carbocycles. The van der Waals surface area contributed by atoms with Gasteiger partial charge in [0.25, 0.3) is 0 Å². The van der Waals surface area contributed by atoms with Gasteiger partial charge < -0.3 is 9.32 Å². The average molecular weight is 880 g/mol.